The van der Waals surface area contributed by atoms with E-state index in [-0.39, 0.29) is 30.1 Å². The molecule has 0 radical (unpaired) electrons. The van der Waals surface area contributed by atoms with Crippen molar-refractivity contribution in [2.75, 3.05) is 13.1 Å². The van der Waals surface area contributed by atoms with E-state index in [1.165, 1.54) is 0 Å². The van der Waals surface area contributed by atoms with Gasteiger partial charge < -0.3 is 10.1 Å². The number of pyridine rings is 1. The van der Waals surface area contributed by atoms with E-state index in [0.717, 1.165) is 24.5 Å². The summed E-state index contributed by atoms with van der Waals surface area (Å²) in [5, 5.41) is 3.08. The van der Waals surface area contributed by atoms with Crippen LogP contribution in [0, 0.1) is 5.92 Å². The molecule has 7 nitrogen and oxygen atoms in total. The number of amides is 1. The Balaban J connectivity index is 1.61. The molecule has 3 rings (SSSR count). The van der Waals surface area contributed by atoms with E-state index in [1.807, 2.05) is 22.9 Å². The average molecular weight is 371 g/mol. The minimum absolute atomic E-state index is 0.0602. The molecule has 7 heteroatoms. The van der Waals surface area contributed by atoms with Crippen molar-refractivity contribution in [3.8, 4) is 5.82 Å². The van der Waals surface area contributed by atoms with Gasteiger partial charge >= 0.3 is 0 Å². The third-order valence-corrected chi connectivity index (χ3v) is 4.79. The quantitative estimate of drug-likeness (QED) is 0.841. The van der Waals surface area contributed by atoms with Crippen molar-refractivity contribution in [2.24, 2.45) is 5.92 Å². The van der Waals surface area contributed by atoms with Crippen LogP contribution in [-0.4, -0.2) is 56.7 Å². The summed E-state index contributed by atoms with van der Waals surface area (Å²) in [4.78, 5) is 23.6. The number of carbonyl (C=O) groups excluding carboxylic acids is 1. The topological polar surface area (TPSA) is 72.3 Å². The molecular weight excluding hydrogens is 342 g/mol. The highest BCUT2D eigenvalue weighted by molar-refractivity contribution is 5.82. The lowest BCUT2D eigenvalue weighted by molar-refractivity contribution is -0.135. The van der Waals surface area contributed by atoms with E-state index < -0.39 is 0 Å². The first-order chi connectivity index (χ1) is 12.9. The van der Waals surface area contributed by atoms with Gasteiger partial charge in [0.05, 0.1) is 18.2 Å². The fourth-order valence-electron chi connectivity index (χ4n) is 3.70. The summed E-state index contributed by atoms with van der Waals surface area (Å²) < 4.78 is 7.65. The maximum atomic E-state index is 12.9. The molecule has 0 aliphatic carbocycles. The zero-order valence-corrected chi connectivity index (χ0v) is 16.5. The van der Waals surface area contributed by atoms with Crippen LogP contribution in [0.3, 0.4) is 0 Å². The minimum atomic E-state index is -0.156. The Hall–Kier alpha value is -2.25. The molecule has 1 N–H and O–H groups in total. The molecule has 1 amide bonds. The molecule has 0 saturated carbocycles. The molecule has 1 aliphatic heterocycles. The smallest absolute Gasteiger partial charge is 0.237 e. The van der Waals surface area contributed by atoms with Gasteiger partial charge in [-0.15, -0.1) is 0 Å². The molecule has 146 valence electrons. The Morgan fingerprint density at radius 1 is 1.30 bits per heavy atom. The first-order valence-electron chi connectivity index (χ1n) is 9.54. The number of rotatable bonds is 6. The molecule has 0 aromatic carbocycles. The Bertz CT molecular complexity index is 719. The molecule has 2 aromatic rings. The molecule has 0 spiro atoms. The molecule has 1 saturated heterocycles. The molecule has 2 aromatic heterocycles. The molecule has 27 heavy (non-hydrogen) atoms. The van der Waals surface area contributed by atoms with Crippen LogP contribution in [0.5, 0.6) is 0 Å². The number of carbonyl (C=O) groups is 1. The lowest BCUT2D eigenvalue weighted by Crippen LogP contribution is -2.56. The zero-order chi connectivity index (χ0) is 19.4. The third-order valence-electron chi connectivity index (χ3n) is 4.79. The van der Waals surface area contributed by atoms with Crippen LogP contribution >= 0.6 is 0 Å². The number of nitrogens with zero attached hydrogens (tertiary/aromatic N) is 4. The van der Waals surface area contributed by atoms with E-state index in [1.54, 1.807) is 18.7 Å². The molecule has 3 atom stereocenters. The van der Waals surface area contributed by atoms with Crippen LogP contribution in [0.2, 0.25) is 0 Å². The van der Waals surface area contributed by atoms with Crippen molar-refractivity contribution in [3.05, 3.63) is 42.6 Å². The van der Waals surface area contributed by atoms with Crippen molar-refractivity contribution in [1.29, 1.82) is 0 Å². The summed E-state index contributed by atoms with van der Waals surface area (Å²) in [5.74, 6) is 1.09. The first-order valence-corrected chi connectivity index (χ1v) is 9.54. The third kappa shape index (κ3) is 4.93. The number of imidazole rings is 1. The second-order valence-electron chi connectivity index (χ2n) is 7.61. The Kier molecular flexibility index (Phi) is 6.23. The van der Waals surface area contributed by atoms with Crippen molar-refractivity contribution >= 4 is 5.91 Å². The average Bonchev–Trinajstić information content (AvgIpc) is 3.14. The summed E-state index contributed by atoms with van der Waals surface area (Å²) in [7, 11) is 0. The highest BCUT2D eigenvalue weighted by atomic mass is 16.5. The van der Waals surface area contributed by atoms with Crippen LogP contribution < -0.4 is 5.32 Å². The summed E-state index contributed by atoms with van der Waals surface area (Å²) in [5.41, 5.74) is 0.971. The van der Waals surface area contributed by atoms with E-state index in [2.05, 4.69) is 47.9 Å². The number of aromatic nitrogens is 3. The number of morpholine rings is 1. The highest BCUT2D eigenvalue weighted by Gasteiger charge is 2.33. The maximum Gasteiger partial charge on any atom is 0.237 e. The molecule has 0 bridgehead atoms. The largest absolute Gasteiger partial charge is 0.373 e. The minimum Gasteiger partial charge on any atom is -0.373 e. The fraction of sp³-hybridized carbons (Fsp3) is 0.550. The predicted molar refractivity (Wildman–Crippen MR) is 103 cm³/mol. The first kappa shape index (κ1) is 19.5. The molecule has 3 heterocycles. The van der Waals surface area contributed by atoms with Crippen molar-refractivity contribution in [3.63, 3.8) is 0 Å². The number of hydrogen-bond donors (Lipinski definition) is 1. The van der Waals surface area contributed by atoms with Gasteiger partial charge in [0.25, 0.3) is 0 Å². The van der Waals surface area contributed by atoms with Crippen LogP contribution in [0.15, 0.2) is 37.1 Å². The SMILES string of the molecule is CC1CN(C(C(=O)NCc2ccc(-n3ccnc3)nc2)C(C)C)CC(C)O1. The number of ether oxygens (including phenoxy) is 1. The van der Waals surface area contributed by atoms with E-state index in [9.17, 15) is 4.79 Å². The Morgan fingerprint density at radius 2 is 2.04 bits per heavy atom. The van der Waals surface area contributed by atoms with Gasteiger partial charge in [-0.3, -0.25) is 14.3 Å². The summed E-state index contributed by atoms with van der Waals surface area (Å²) in [6.07, 6.45) is 7.35. The van der Waals surface area contributed by atoms with Crippen LogP contribution in [0.1, 0.15) is 33.3 Å². The van der Waals surface area contributed by atoms with E-state index in [4.69, 9.17) is 4.74 Å². The van der Waals surface area contributed by atoms with Gasteiger partial charge in [-0.25, -0.2) is 9.97 Å². The van der Waals surface area contributed by atoms with Crippen molar-refractivity contribution in [1.82, 2.24) is 24.8 Å². The Morgan fingerprint density at radius 3 is 2.59 bits per heavy atom. The second kappa shape index (κ2) is 8.63. The van der Waals surface area contributed by atoms with Gasteiger partial charge in [0, 0.05) is 38.2 Å². The van der Waals surface area contributed by atoms with Crippen molar-refractivity contribution in [2.45, 2.75) is 52.5 Å². The predicted octanol–water partition coefficient (Wildman–Crippen LogP) is 2.02. The summed E-state index contributed by atoms with van der Waals surface area (Å²) in [6, 6.07) is 3.75. The monoisotopic (exact) mass is 371 g/mol. The van der Waals surface area contributed by atoms with E-state index >= 15 is 0 Å². The van der Waals surface area contributed by atoms with E-state index in [0.29, 0.717) is 6.54 Å². The van der Waals surface area contributed by atoms with Crippen molar-refractivity contribution < 1.29 is 9.53 Å². The normalized spacial score (nSPS) is 22.0. The van der Waals surface area contributed by atoms with Gasteiger partial charge in [-0.1, -0.05) is 19.9 Å². The standard InChI is InChI=1S/C20H29N5O2/c1-14(2)19(25-11-15(3)27-16(4)12-25)20(26)23-10-17-5-6-18(22-9-17)24-8-7-21-13-24/h5-9,13-16,19H,10-12H2,1-4H3,(H,23,26). The van der Waals surface area contributed by atoms with Crippen LogP contribution in [0.4, 0.5) is 0 Å². The van der Waals surface area contributed by atoms with Gasteiger partial charge in [-0.2, -0.15) is 0 Å². The molecular formula is C20H29N5O2. The summed E-state index contributed by atoms with van der Waals surface area (Å²) >= 11 is 0. The van der Waals surface area contributed by atoms with Gasteiger partial charge in [0.2, 0.25) is 5.91 Å². The molecule has 3 unspecified atom stereocenters. The van der Waals surface area contributed by atoms with Gasteiger partial charge in [0.15, 0.2) is 0 Å². The molecule has 1 fully saturated rings. The van der Waals surface area contributed by atoms with Crippen LogP contribution in [-0.2, 0) is 16.1 Å². The summed E-state index contributed by atoms with van der Waals surface area (Å²) in [6.45, 7) is 10.3. The lowest BCUT2D eigenvalue weighted by Gasteiger charge is -2.41. The van der Waals surface area contributed by atoms with Crippen LogP contribution in [0.25, 0.3) is 5.82 Å². The van der Waals surface area contributed by atoms with Gasteiger partial charge in [-0.05, 0) is 31.4 Å². The maximum absolute atomic E-state index is 12.9. The van der Waals surface area contributed by atoms with Gasteiger partial charge in [0.1, 0.15) is 12.1 Å². The second-order valence-corrected chi connectivity index (χ2v) is 7.61. The fourth-order valence-corrected chi connectivity index (χ4v) is 3.70. The molecule has 1 aliphatic rings. The number of nitrogens with one attached hydrogen (secondary N) is 1. The zero-order valence-electron chi connectivity index (χ0n) is 16.5. The number of hydrogen-bond acceptors (Lipinski definition) is 5. The Labute approximate surface area is 160 Å². The highest BCUT2D eigenvalue weighted by Crippen LogP contribution is 2.19. The lowest BCUT2D eigenvalue weighted by atomic mass is 9.99.